The molecule has 0 amide bonds. The summed E-state index contributed by atoms with van der Waals surface area (Å²) in [5, 5.41) is 0. The summed E-state index contributed by atoms with van der Waals surface area (Å²) in [7, 11) is 0. The van der Waals surface area contributed by atoms with Gasteiger partial charge in [0.15, 0.2) is 0 Å². The molecule has 1 rings (SSSR count). The summed E-state index contributed by atoms with van der Waals surface area (Å²) in [6.45, 7) is 6.45. The van der Waals surface area contributed by atoms with Gasteiger partial charge in [0.05, 0.1) is 5.69 Å². The van der Waals surface area contributed by atoms with Crippen molar-refractivity contribution >= 4 is 0 Å². The van der Waals surface area contributed by atoms with E-state index in [1.165, 1.54) is 12.0 Å². The highest BCUT2D eigenvalue weighted by Crippen LogP contribution is 2.21. The molecule has 0 aromatic carbocycles. The number of hydrogen-bond acceptors (Lipinski definition) is 2. The van der Waals surface area contributed by atoms with Crippen molar-refractivity contribution in [3.63, 3.8) is 0 Å². The van der Waals surface area contributed by atoms with Gasteiger partial charge in [0.1, 0.15) is 0 Å². The third-order valence-electron chi connectivity index (χ3n) is 2.64. The summed E-state index contributed by atoms with van der Waals surface area (Å²) in [5.41, 5.74) is 8.38. The molecule has 0 radical (unpaired) electrons. The molecule has 0 fully saturated rings. The molecule has 2 atom stereocenters. The first kappa shape index (κ1) is 11.2. The molecule has 78 valence electrons. The first-order chi connectivity index (χ1) is 6.65. The lowest BCUT2D eigenvalue weighted by Crippen LogP contribution is -2.20. The second kappa shape index (κ2) is 5.11. The Morgan fingerprint density at radius 3 is 2.79 bits per heavy atom. The van der Waals surface area contributed by atoms with Crippen LogP contribution in [0, 0.1) is 12.8 Å². The van der Waals surface area contributed by atoms with E-state index in [1.807, 2.05) is 12.3 Å². The van der Waals surface area contributed by atoms with E-state index in [4.69, 9.17) is 5.73 Å². The highest BCUT2D eigenvalue weighted by molar-refractivity contribution is 5.17. The number of nitrogens with zero attached hydrogens (tertiary/aromatic N) is 1. The normalized spacial score (nSPS) is 15.1. The fourth-order valence-electron chi connectivity index (χ4n) is 1.67. The molecule has 2 N–H and O–H groups in total. The summed E-state index contributed by atoms with van der Waals surface area (Å²) >= 11 is 0. The average molecular weight is 192 g/mol. The van der Waals surface area contributed by atoms with Crippen LogP contribution in [0.1, 0.15) is 44.0 Å². The number of pyridine rings is 1. The lowest BCUT2D eigenvalue weighted by molar-refractivity contribution is 0.426. The van der Waals surface area contributed by atoms with Crippen LogP contribution in [-0.2, 0) is 0 Å². The van der Waals surface area contributed by atoms with Gasteiger partial charge in [0, 0.05) is 12.2 Å². The average Bonchev–Trinajstić information content (AvgIpc) is 2.17. The van der Waals surface area contributed by atoms with Crippen LogP contribution in [0.2, 0.25) is 0 Å². The maximum Gasteiger partial charge on any atom is 0.0576 e. The van der Waals surface area contributed by atoms with Crippen LogP contribution in [0.15, 0.2) is 18.3 Å². The summed E-state index contributed by atoms with van der Waals surface area (Å²) < 4.78 is 0. The lowest BCUT2D eigenvalue weighted by Gasteiger charge is -2.18. The van der Waals surface area contributed by atoms with E-state index in [0.717, 1.165) is 12.1 Å². The highest BCUT2D eigenvalue weighted by atomic mass is 14.8. The SMILES string of the molecule is CCCC(C)C(N)c1cc(C)ccn1. The van der Waals surface area contributed by atoms with Crippen molar-refractivity contribution in [2.75, 3.05) is 0 Å². The van der Waals surface area contributed by atoms with Gasteiger partial charge in [0.25, 0.3) is 0 Å². The maximum absolute atomic E-state index is 6.13. The fraction of sp³-hybridized carbons (Fsp3) is 0.583. The van der Waals surface area contributed by atoms with Gasteiger partial charge in [-0.05, 0) is 37.0 Å². The van der Waals surface area contributed by atoms with Crippen molar-refractivity contribution in [1.82, 2.24) is 4.98 Å². The number of hydrogen-bond donors (Lipinski definition) is 1. The molecule has 2 unspecified atom stereocenters. The van der Waals surface area contributed by atoms with Gasteiger partial charge in [-0.15, -0.1) is 0 Å². The van der Waals surface area contributed by atoms with Crippen molar-refractivity contribution < 1.29 is 0 Å². The van der Waals surface area contributed by atoms with Crippen molar-refractivity contribution in [1.29, 1.82) is 0 Å². The highest BCUT2D eigenvalue weighted by Gasteiger charge is 2.14. The van der Waals surface area contributed by atoms with E-state index < -0.39 is 0 Å². The van der Waals surface area contributed by atoms with Crippen LogP contribution in [0.5, 0.6) is 0 Å². The zero-order chi connectivity index (χ0) is 10.6. The Morgan fingerprint density at radius 2 is 2.21 bits per heavy atom. The Kier molecular flexibility index (Phi) is 4.08. The molecule has 0 aliphatic heterocycles. The minimum atomic E-state index is 0.0786. The van der Waals surface area contributed by atoms with Crippen molar-refractivity contribution in [3.05, 3.63) is 29.6 Å². The number of nitrogens with two attached hydrogens (primary N) is 1. The Hall–Kier alpha value is -0.890. The molecule has 0 saturated carbocycles. The summed E-state index contributed by atoms with van der Waals surface area (Å²) in [4.78, 5) is 4.32. The minimum absolute atomic E-state index is 0.0786. The lowest BCUT2D eigenvalue weighted by atomic mass is 9.94. The smallest absolute Gasteiger partial charge is 0.0576 e. The van der Waals surface area contributed by atoms with E-state index in [1.54, 1.807) is 0 Å². The summed E-state index contributed by atoms with van der Waals surface area (Å²) in [6, 6.07) is 4.16. The standard InChI is InChI=1S/C12H20N2/c1-4-5-10(3)12(13)11-8-9(2)6-7-14-11/h6-8,10,12H,4-5,13H2,1-3H3. The third kappa shape index (κ3) is 2.81. The van der Waals surface area contributed by atoms with Gasteiger partial charge in [-0.1, -0.05) is 20.3 Å². The molecule has 0 aliphatic rings. The van der Waals surface area contributed by atoms with E-state index in [0.29, 0.717) is 5.92 Å². The first-order valence-electron chi connectivity index (χ1n) is 5.33. The van der Waals surface area contributed by atoms with Crippen LogP contribution in [-0.4, -0.2) is 4.98 Å². The van der Waals surface area contributed by atoms with Gasteiger partial charge in [-0.3, -0.25) is 4.98 Å². The van der Waals surface area contributed by atoms with Gasteiger partial charge < -0.3 is 5.73 Å². The Labute approximate surface area is 86.5 Å². The molecule has 2 nitrogen and oxygen atoms in total. The van der Waals surface area contributed by atoms with Gasteiger partial charge in [0.2, 0.25) is 0 Å². The van der Waals surface area contributed by atoms with Crippen LogP contribution >= 0.6 is 0 Å². The van der Waals surface area contributed by atoms with Crippen molar-refractivity contribution in [2.45, 2.75) is 39.7 Å². The molecule has 1 aromatic heterocycles. The summed E-state index contributed by atoms with van der Waals surface area (Å²) in [6.07, 6.45) is 4.18. The largest absolute Gasteiger partial charge is 0.322 e. The zero-order valence-corrected chi connectivity index (χ0v) is 9.33. The van der Waals surface area contributed by atoms with E-state index in [2.05, 4.69) is 31.8 Å². The molecule has 1 heterocycles. The Bertz CT molecular complexity index is 283. The Morgan fingerprint density at radius 1 is 1.50 bits per heavy atom. The van der Waals surface area contributed by atoms with Gasteiger partial charge in [-0.25, -0.2) is 0 Å². The zero-order valence-electron chi connectivity index (χ0n) is 9.33. The van der Waals surface area contributed by atoms with Crippen LogP contribution in [0.4, 0.5) is 0 Å². The summed E-state index contributed by atoms with van der Waals surface area (Å²) in [5.74, 6) is 0.509. The minimum Gasteiger partial charge on any atom is -0.322 e. The van der Waals surface area contributed by atoms with Crippen molar-refractivity contribution in [2.24, 2.45) is 11.7 Å². The van der Waals surface area contributed by atoms with Crippen molar-refractivity contribution in [3.8, 4) is 0 Å². The van der Waals surface area contributed by atoms with Gasteiger partial charge in [-0.2, -0.15) is 0 Å². The molecular formula is C12H20N2. The number of aromatic nitrogens is 1. The Balaban J connectivity index is 2.73. The second-order valence-corrected chi connectivity index (χ2v) is 4.05. The predicted molar refractivity (Wildman–Crippen MR) is 60.0 cm³/mol. The molecule has 2 heteroatoms. The fourth-order valence-corrected chi connectivity index (χ4v) is 1.67. The third-order valence-corrected chi connectivity index (χ3v) is 2.64. The van der Waals surface area contributed by atoms with Crippen LogP contribution < -0.4 is 5.73 Å². The maximum atomic E-state index is 6.13. The first-order valence-corrected chi connectivity index (χ1v) is 5.33. The topological polar surface area (TPSA) is 38.9 Å². The van der Waals surface area contributed by atoms with E-state index >= 15 is 0 Å². The molecule has 1 aromatic rings. The van der Waals surface area contributed by atoms with E-state index in [-0.39, 0.29) is 6.04 Å². The van der Waals surface area contributed by atoms with E-state index in [9.17, 15) is 0 Å². The molecular weight excluding hydrogens is 172 g/mol. The number of rotatable bonds is 4. The van der Waals surface area contributed by atoms with Crippen LogP contribution in [0.3, 0.4) is 0 Å². The monoisotopic (exact) mass is 192 g/mol. The predicted octanol–water partition coefficient (Wildman–Crippen LogP) is 2.83. The molecule has 0 spiro atoms. The molecule has 0 saturated heterocycles. The molecule has 0 aliphatic carbocycles. The van der Waals surface area contributed by atoms with Crippen LogP contribution in [0.25, 0.3) is 0 Å². The quantitative estimate of drug-likeness (QED) is 0.796. The second-order valence-electron chi connectivity index (χ2n) is 4.05. The molecule has 14 heavy (non-hydrogen) atoms. The molecule has 0 bridgehead atoms. The number of aryl methyl sites for hydroxylation is 1. The van der Waals surface area contributed by atoms with Gasteiger partial charge >= 0.3 is 0 Å².